The van der Waals surface area contributed by atoms with Gasteiger partial charge < -0.3 is 9.47 Å². The van der Waals surface area contributed by atoms with Gasteiger partial charge in [-0.3, -0.25) is 0 Å². The number of nitrogens with zero attached hydrogens (tertiary/aromatic N) is 1. The molecular weight excluding hydrogens is 330 g/mol. The lowest BCUT2D eigenvalue weighted by Crippen LogP contribution is -2.15. The van der Waals surface area contributed by atoms with Crippen LogP contribution in [0.2, 0.25) is 0 Å². The SMILES string of the molecule is CC(C)COC(=O)c1cccc(CC(C)COC(=O)c2ccccn2)c1. The summed E-state index contributed by atoms with van der Waals surface area (Å²) in [6.07, 6.45) is 2.25. The molecule has 1 atom stereocenters. The van der Waals surface area contributed by atoms with Gasteiger partial charge in [-0.15, -0.1) is 0 Å². The number of ether oxygens (including phenoxy) is 2. The van der Waals surface area contributed by atoms with E-state index in [2.05, 4.69) is 4.98 Å². The van der Waals surface area contributed by atoms with E-state index < -0.39 is 5.97 Å². The molecule has 0 aliphatic carbocycles. The molecule has 0 N–H and O–H groups in total. The van der Waals surface area contributed by atoms with Crippen molar-refractivity contribution in [2.45, 2.75) is 27.2 Å². The summed E-state index contributed by atoms with van der Waals surface area (Å²) in [5, 5.41) is 0. The molecule has 2 rings (SSSR count). The van der Waals surface area contributed by atoms with Gasteiger partial charge in [-0.25, -0.2) is 14.6 Å². The van der Waals surface area contributed by atoms with Crippen molar-refractivity contribution in [3.63, 3.8) is 0 Å². The summed E-state index contributed by atoms with van der Waals surface area (Å²) < 4.78 is 10.6. The second-order valence-electron chi connectivity index (χ2n) is 6.82. The van der Waals surface area contributed by atoms with Crippen LogP contribution in [-0.2, 0) is 15.9 Å². The van der Waals surface area contributed by atoms with Gasteiger partial charge in [-0.1, -0.05) is 39.0 Å². The fourth-order valence-electron chi connectivity index (χ4n) is 2.39. The highest BCUT2D eigenvalue weighted by atomic mass is 16.5. The molecule has 138 valence electrons. The quantitative estimate of drug-likeness (QED) is 0.671. The summed E-state index contributed by atoms with van der Waals surface area (Å²) in [4.78, 5) is 28.0. The molecule has 5 nitrogen and oxygen atoms in total. The lowest BCUT2D eigenvalue weighted by Gasteiger charge is -2.13. The van der Waals surface area contributed by atoms with E-state index in [1.54, 1.807) is 30.5 Å². The van der Waals surface area contributed by atoms with E-state index in [0.29, 0.717) is 30.2 Å². The molecule has 1 aromatic heterocycles. The van der Waals surface area contributed by atoms with Crippen LogP contribution in [0.25, 0.3) is 0 Å². The summed E-state index contributed by atoms with van der Waals surface area (Å²) in [5.74, 6) is -0.321. The molecular formula is C21H25NO4. The zero-order valence-electron chi connectivity index (χ0n) is 15.5. The normalized spacial score (nSPS) is 11.8. The van der Waals surface area contributed by atoms with Crippen LogP contribution in [0.5, 0.6) is 0 Å². The second kappa shape index (κ2) is 9.70. The van der Waals surface area contributed by atoms with E-state index in [0.717, 1.165) is 5.56 Å². The molecule has 1 unspecified atom stereocenters. The fourth-order valence-corrected chi connectivity index (χ4v) is 2.39. The molecule has 0 saturated heterocycles. The Kier molecular flexibility index (Phi) is 7.33. The van der Waals surface area contributed by atoms with Crippen LogP contribution < -0.4 is 0 Å². The lowest BCUT2D eigenvalue weighted by atomic mass is 10.00. The first-order valence-electron chi connectivity index (χ1n) is 8.80. The number of pyridine rings is 1. The van der Waals surface area contributed by atoms with E-state index in [9.17, 15) is 9.59 Å². The highest BCUT2D eigenvalue weighted by Crippen LogP contribution is 2.13. The number of hydrogen-bond acceptors (Lipinski definition) is 5. The summed E-state index contributed by atoms with van der Waals surface area (Å²) in [5.41, 5.74) is 1.85. The molecule has 0 saturated carbocycles. The Morgan fingerprint density at radius 2 is 1.73 bits per heavy atom. The molecule has 2 aromatic rings. The highest BCUT2D eigenvalue weighted by Gasteiger charge is 2.13. The number of rotatable bonds is 8. The maximum absolute atomic E-state index is 12.1. The Morgan fingerprint density at radius 3 is 2.42 bits per heavy atom. The second-order valence-corrected chi connectivity index (χ2v) is 6.82. The molecule has 1 heterocycles. The minimum atomic E-state index is -0.427. The van der Waals surface area contributed by atoms with Gasteiger partial charge in [0.05, 0.1) is 18.8 Å². The van der Waals surface area contributed by atoms with Gasteiger partial charge >= 0.3 is 11.9 Å². The molecule has 0 bridgehead atoms. The maximum atomic E-state index is 12.1. The monoisotopic (exact) mass is 355 g/mol. The van der Waals surface area contributed by atoms with Crippen molar-refractivity contribution in [1.29, 1.82) is 0 Å². The molecule has 5 heteroatoms. The van der Waals surface area contributed by atoms with Crippen LogP contribution in [0, 0.1) is 11.8 Å². The van der Waals surface area contributed by atoms with Crippen molar-refractivity contribution in [3.8, 4) is 0 Å². The van der Waals surface area contributed by atoms with Gasteiger partial charge in [0, 0.05) is 6.20 Å². The standard InChI is InChI=1S/C21H25NO4/c1-15(2)13-25-20(23)18-8-6-7-17(12-18)11-16(3)14-26-21(24)19-9-4-5-10-22-19/h4-10,12,15-16H,11,13-14H2,1-3H3. The topological polar surface area (TPSA) is 65.5 Å². The molecule has 0 spiro atoms. The number of esters is 2. The van der Waals surface area contributed by atoms with Crippen molar-refractivity contribution < 1.29 is 19.1 Å². The van der Waals surface area contributed by atoms with Crippen molar-refractivity contribution in [2.24, 2.45) is 11.8 Å². The van der Waals surface area contributed by atoms with Gasteiger partial charge in [0.25, 0.3) is 0 Å². The zero-order chi connectivity index (χ0) is 18.9. The third-order valence-electron chi connectivity index (χ3n) is 3.67. The van der Waals surface area contributed by atoms with E-state index in [4.69, 9.17) is 9.47 Å². The first kappa shape index (κ1) is 19.6. The Labute approximate surface area is 154 Å². The smallest absolute Gasteiger partial charge is 0.356 e. The Morgan fingerprint density at radius 1 is 0.962 bits per heavy atom. The predicted octanol–water partition coefficient (Wildman–Crippen LogP) is 3.93. The highest BCUT2D eigenvalue weighted by molar-refractivity contribution is 5.89. The molecule has 0 aliphatic heterocycles. The number of benzene rings is 1. The largest absolute Gasteiger partial charge is 0.462 e. The zero-order valence-corrected chi connectivity index (χ0v) is 15.5. The molecule has 26 heavy (non-hydrogen) atoms. The van der Waals surface area contributed by atoms with E-state index in [-0.39, 0.29) is 18.5 Å². The van der Waals surface area contributed by atoms with Gasteiger partial charge in [-0.05, 0) is 48.1 Å². The lowest BCUT2D eigenvalue weighted by molar-refractivity contribution is 0.0441. The minimum absolute atomic E-state index is 0.115. The van der Waals surface area contributed by atoms with Crippen molar-refractivity contribution in [3.05, 3.63) is 65.5 Å². The maximum Gasteiger partial charge on any atom is 0.356 e. The van der Waals surface area contributed by atoms with Gasteiger partial charge in [-0.2, -0.15) is 0 Å². The summed E-state index contributed by atoms with van der Waals surface area (Å²) in [6.45, 7) is 6.69. The van der Waals surface area contributed by atoms with Crippen LogP contribution in [0.1, 0.15) is 47.2 Å². The molecule has 0 radical (unpaired) electrons. The first-order valence-corrected chi connectivity index (χ1v) is 8.80. The van der Waals surface area contributed by atoms with Crippen molar-refractivity contribution in [2.75, 3.05) is 13.2 Å². The van der Waals surface area contributed by atoms with Gasteiger partial charge in [0.2, 0.25) is 0 Å². The number of aromatic nitrogens is 1. The van der Waals surface area contributed by atoms with E-state index in [1.165, 1.54) is 0 Å². The fraction of sp³-hybridized carbons (Fsp3) is 0.381. The number of carbonyl (C=O) groups excluding carboxylic acids is 2. The van der Waals surface area contributed by atoms with E-state index in [1.807, 2.05) is 39.0 Å². The molecule has 0 fully saturated rings. The Balaban J connectivity index is 1.86. The molecule has 1 aromatic carbocycles. The van der Waals surface area contributed by atoms with Crippen LogP contribution in [0.4, 0.5) is 0 Å². The number of hydrogen-bond donors (Lipinski definition) is 0. The first-order chi connectivity index (χ1) is 12.5. The summed E-state index contributed by atoms with van der Waals surface area (Å²) in [6, 6.07) is 12.5. The van der Waals surface area contributed by atoms with Gasteiger partial charge in [0.15, 0.2) is 0 Å². The van der Waals surface area contributed by atoms with Crippen LogP contribution in [0.3, 0.4) is 0 Å². The number of carbonyl (C=O) groups is 2. The Bertz CT molecular complexity index is 728. The van der Waals surface area contributed by atoms with Crippen LogP contribution in [-0.4, -0.2) is 30.1 Å². The average molecular weight is 355 g/mol. The van der Waals surface area contributed by atoms with Gasteiger partial charge in [0.1, 0.15) is 5.69 Å². The third kappa shape index (κ3) is 6.31. The third-order valence-corrected chi connectivity index (χ3v) is 3.67. The summed E-state index contributed by atoms with van der Waals surface area (Å²) in [7, 11) is 0. The average Bonchev–Trinajstić information content (AvgIpc) is 2.65. The predicted molar refractivity (Wildman–Crippen MR) is 99.0 cm³/mol. The Hall–Kier alpha value is -2.69. The molecule has 0 aliphatic rings. The summed E-state index contributed by atoms with van der Waals surface area (Å²) >= 11 is 0. The van der Waals surface area contributed by atoms with Crippen LogP contribution >= 0.6 is 0 Å². The molecule has 0 amide bonds. The van der Waals surface area contributed by atoms with Crippen molar-refractivity contribution >= 4 is 11.9 Å². The minimum Gasteiger partial charge on any atom is -0.462 e. The van der Waals surface area contributed by atoms with Crippen LogP contribution in [0.15, 0.2) is 48.7 Å². The van der Waals surface area contributed by atoms with Crippen molar-refractivity contribution in [1.82, 2.24) is 4.98 Å². The van der Waals surface area contributed by atoms with E-state index >= 15 is 0 Å².